The predicted octanol–water partition coefficient (Wildman–Crippen LogP) is 4.36. The van der Waals surface area contributed by atoms with E-state index in [1.165, 1.54) is 24.4 Å². The van der Waals surface area contributed by atoms with Crippen LogP contribution in [0, 0.1) is 17.3 Å². The molecule has 7 nitrogen and oxygen atoms in total. The van der Waals surface area contributed by atoms with Gasteiger partial charge in [0.05, 0.1) is 24.4 Å². The van der Waals surface area contributed by atoms with Crippen LogP contribution in [0.4, 0.5) is 5.69 Å². The van der Waals surface area contributed by atoms with Gasteiger partial charge < -0.3 is 4.74 Å². The minimum absolute atomic E-state index is 0.0421. The molecule has 26 heavy (non-hydrogen) atoms. The summed E-state index contributed by atoms with van der Waals surface area (Å²) in [5.74, 6) is 0.167. The Kier molecular flexibility index (Phi) is 7.32. The van der Waals surface area contributed by atoms with E-state index in [0.717, 1.165) is 18.5 Å². The van der Waals surface area contributed by atoms with Crippen LogP contribution in [0.25, 0.3) is 0 Å². The van der Waals surface area contributed by atoms with Crippen molar-refractivity contribution in [2.45, 2.75) is 20.0 Å². The first-order valence-corrected chi connectivity index (χ1v) is 9.68. The number of hydrogen-bond donors (Lipinski definition) is 1. The average molecular weight is 579 g/mol. The van der Waals surface area contributed by atoms with Crippen LogP contribution in [0.1, 0.15) is 29.8 Å². The molecule has 136 valence electrons. The lowest BCUT2D eigenvalue weighted by Crippen LogP contribution is -2.19. The zero-order valence-electron chi connectivity index (χ0n) is 13.9. The third-order valence-electron chi connectivity index (χ3n) is 3.10. The van der Waals surface area contributed by atoms with E-state index >= 15 is 0 Å². The van der Waals surface area contributed by atoms with Crippen LogP contribution in [0.15, 0.2) is 41.5 Å². The van der Waals surface area contributed by atoms with E-state index in [4.69, 9.17) is 4.74 Å². The Morgan fingerprint density at radius 2 is 1.88 bits per heavy atom. The van der Waals surface area contributed by atoms with E-state index in [9.17, 15) is 14.9 Å². The van der Waals surface area contributed by atoms with Crippen LogP contribution in [0.3, 0.4) is 0 Å². The molecule has 2 aromatic carbocycles. The lowest BCUT2D eigenvalue weighted by molar-refractivity contribution is -0.385. The van der Waals surface area contributed by atoms with Crippen molar-refractivity contribution in [3.05, 3.63) is 64.8 Å². The largest absolute Gasteiger partial charge is 0.489 e. The van der Waals surface area contributed by atoms with Gasteiger partial charge in [-0.1, -0.05) is 12.1 Å². The average Bonchev–Trinajstić information content (AvgIpc) is 2.58. The Morgan fingerprint density at radius 1 is 1.27 bits per heavy atom. The number of nitrogens with zero attached hydrogens (tertiary/aromatic N) is 2. The first kappa shape index (κ1) is 20.6. The quantitative estimate of drug-likeness (QED) is 0.239. The summed E-state index contributed by atoms with van der Waals surface area (Å²) in [6, 6.07) is 9.47. The van der Waals surface area contributed by atoms with Crippen molar-refractivity contribution >= 4 is 63.0 Å². The molecule has 2 aromatic rings. The molecule has 0 saturated heterocycles. The maximum atomic E-state index is 12.1. The SMILES string of the molecule is CC(C)Oc1c(I)cc(/C=N\NC(=O)c2ccccc2[N+](=O)[O-])cc1I. The maximum absolute atomic E-state index is 12.1. The summed E-state index contributed by atoms with van der Waals surface area (Å²) in [7, 11) is 0. The van der Waals surface area contributed by atoms with Gasteiger partial charge >= 0.3 is 0 Å². The number of benzene rings is 2. The lowest BCUT2D eigenvalue weighted by atomic mass is 10.2. The molecule has 0 aliphatic heterocycles. The summed E-state index contributed by atoms with van der Waals surface area (Å²) in [5, 5.41) is 14.9. The summed E-state index contributed by atoms with van der Waals surface area (Å²) >= 11 is 4.35. The van der Waals surface area contributed by atoms with Crippen molar-refractivity contribution in [3.8, 4) is 5.75 Å². The number of nitro groups is 1. The topological polar surface area (TPSA) is 93.8 Å². The second kappa shape index (κ2) is 9.26. The minimum Gasteiger partial charge on any atom is -0.489 e. The molecule has 0 spiro atoms. The zero-order valence-corrected chi connectivity index (χ0v) is 18.2. The molecular formula is C17H15I2N3O4. The van der Waals surface area contributed by atoms with E-state index in [0.29, 0.717) is 0 Å². The second-order valence-corrected chi connectivity index (χ2v) is 7.78. The number of carbonyl (C=O) groups is 1. The summed E-state index contributed by atoms with van der Waals surface area (Å²) in [6.07, 6.45) is 1.55. The molecule has 0 bridgehead atoms. The molecule has 0 atom stereocenters. The molecule has 0 aliphatic rings. The first-order valence-electron chi connectivity index (χ1n) is 7.52. The van der Waals surface area contributed by atoms with Crippen LogP contribution in [-0.2, 0) is 0 Å². The van der Waals surface area contributed by atoms with Gasteiger partial charge in [0.25, 0.3) is 11.6 Å². The highest BCUT2D eigenvalue weighted by Gasteiger charge is 2.18. The van der Waals surface area contributed by atoms with Gasteiger partial charge in [0.1, 0.15) is 11.3 Å². The summed E-state index contributed by atoms with van der Waals surface area (Å²) in [5.41, 5.74) is 2.79. The van der Waals surface area contributed by atoms with E-state index in [1.54, 1.807) is 6.07 Å². The predicted molar refractivity (Wildman–Crippen MR) is 116 cm³/mol. The van der Waals surface area contributed by atoms with Crippen molar-refractivity contribution in [1.82, 2.24) is 5.43 Å². The highest BCUT2D eigenvalue weighted by Crippen LogP contribution is 2.29. The van der Waals surface area contributed by atoms with Crippen molar-refractivity contribution in [2.75, 3.05) is 0 Å². The minimum atomic E-state index is -0.641. The normalized spacial score (nSPS) is 11.0. The van der Waals surface area contributed by atoms with Crippen LogP contribution in [0.2, 0.25) is 0 Å². The molecule has 0 saturated carbocycles. The number of rotatable bonds is 6. The molecule has 0 radical (unpaired) electrons. The fourth-order valence-electron chi connectivity index (χ4n) is 2.05. The summed E-state index contributed by atoms with van der Waals surface area (Å²) in [4.78, 5) is 22.5. The van der Waals surface area contributed by atoms with Gasteiger partial charge in [0.15, 0.2) is 0 Å². The molecule has 9 heteroatoms. The summed E-state index contributed by atoms with van der Waals surface area (Å²) < 4.78 is 7.63. The number of hydrazone groups is 1. The van der Waals surface area contributed by atoms with Crippen molar-refractivity contribution in [1.29, 1.82) is 0 Å². The van der Waals surface area contributed by atoms with Gasteiger partial charge in [-0.15, -0.1) is 0 Å². The van der Waals surface area contributed by atoms with Crippen molar-refractivity contribution in [2.24, 2.45) is 5.10 Å². The Hall–Kier alpha value is -1.76. The van der Waals surface area contributed by atoms with Gasteiger partial charge in [0, 0.05) is 6.07 Å². The fraction of sp³-hybridized carbons (Fsp3) is 0.176. The Balaban J connectivity index is 2.14. The highest BCUT2D eigenvalue weighted by atomic mass is 127. The lowest BCUT2D eigenvalue weighted by Gasteiger charge is -2.14. The fourth-order valence-corrected chi connectivity index (χ4v) is 4.12. The number of amides is 1. The van der Waals surface area contributed by atoms with Crippen molar-refractivity contribution < 1.29 is 14.5 Å². The molecule has 0 aliphatic carbocycles. The van der Waals surface area contributed by atoms with Gasteiger partial charge in [-0.2, -0.15) is 5.10 Å². The number of nitro benzene ring substituents is 1. The molecule has 1 N–H and O–H groups in total. The molecule has 0 heterocycles. The van der Waals surface area contributed by atoms with Crippen LogP contribution >= 0.6 is 45.2 Å². The smallest absolute Gasteiger partial charge is 0.282 e. The van der Waals surface area contributed by atoms with Crippen molar-refractivity contribution in [3.63, 3.8) is 0 Å². The van der Waals surface area contributed by atoms with Crippen LogP contribution in [0.5, 0.6) is 5.75 Å². The Morgan fingerprint density at radius 3 is 2.46 bits per heavy atom. The zero-order chi connectivity index (χ0) is 19.3. The van der Waals surface area contributed by atoms with Gasteiger partial charge in [-0.25, -0.2) is 5.43 Å². The van der Waals surface area contributed by atoms with Gasteiger partial charge in [-0.05, 0) is 82.8 Å². The van der Waals surface area contributed by atoms with Crippen LogP contribution < -0.4 is 10.2 Å². The second-order valence-electron chi connectivity index (χ2n) is 5.45. The molecule has 2 rings (SSSR count). The number of ether oxygens (including phenoxy) is 1. The third-order valence-corrected chi connectivity index (χ3v) is 4.70. The third kappa shape index (κ3) is 5.37. The highest BCUT2D eigenvalue weighted by molar-refractivity contribution is 14.1. The maximum Gasteiger partial charge on any atom is 0.282 e. The number of para-hydroxylation sites is 1. The Labute approximate surface area is 177 Å². The number of nitrogens with one attached hydrogen (secondary N) is 1. The van der Waals surface area contributed by atoms with E-state index in [-0.39, 0.29) is 17.4 Å². The van der Waals surface area contributed by atoms with Gasteiger partial charge in [-0.3, -0.25) is 14.9 Å². The standard InChI is InChI=1S/C17H15I2N3O4/c1-10(2)26-16-13(18)7-11(8-14(16)19)9-20-21-17(23)12-5-3-4-6-15(12)22(24)25/h3-10H,1-2H3,(H,21,23)/b20-9-. The van der Waals surface area contributed by atoms with E-state index in [2.05, 4.69) is 55.7 Å². The first-order chi connectivity index (χ1) is 12.3. The summed E-state index contributed by atoms with van der Waals surface area (Å²) in [6.45, 7) is 3.92. The molecule has 0 aromatic heterocycles. The van der Waals surface area contributed by atoms with E-state index in [1.807, 2.05) is 26.0 Å². The molecule has 1 amide bonds. The molecule has 0 unspecified atom stereocenters. The Bertz CT molecular complexity index is 846. The molecule has 0 fully saturated rings. The monoisotopic (exact) mass is 579 g/mol. The van der Waals surface area contributed by atoms with Crippen LogP contribution in [-0.4, -0.2) is 23.1 Å². The molecular weight excluding hydrogens is 564 g/mol. The number of hydrogen-bond acceptors (Lipinski definition) is 5. The number of carbonyl (C=O) groups excluding carboxylic acids is 1. The number of halogens is 2. The van der Waals surface area contributed by atoms with E-state index < -0.39 is 10.8 Å². The van der Waals surface area contributed by atoms with Gasteiger partial charge in [0.2, 0.25) is 0 Å².